The van der Waals surface area contributed by atoms with Gasteiger partial charge in [-0.3, -0.25) is 9.59 Å². The third kappa shape index (κ3) is 11.7. The van der Waals surface area contributed by atoms with E-state index >= 15 is 0 Å². The van der Waals surface area contributed by atoms with Gasteiger partial charge in [0.15, 0.2) is 0 Å². The van der Waals surface area contributed by atoms with Crippen molar-refractivity contribution < 1.29 is 19.1 Å². The van der Waals surface area contributed by atoms with E-state index in [9.17, 15) is 9.59 Å². The normalized spacial score (nSPS) is 19.8. The molecule has 0 saturated heterocycles. The van der Waals surface area contributed by atoms with Crippen LogP contribution in [0.15, 0.2) is 0 Å². The second-order valence-electron chi connectivity index (χ2n) is 9.38. The van der Waals surface area contributed by atoms with Gasteiger partial charge < -0.3 is 9.47 Å². The quantitative estimate of drug-likeness (QED) is 0.255. The molecule has 0 aliphatic heterocycles. The van der Waals surface area contributed by atoms with Gasteiger partial charge in [0, 0.05) is 0 Å². The van der Waals surface area contributed by atoms with Gasteiger partial charge in [0.2, 0.25) is 0 Å². The molecule has 0 spiro atoms. The molecule has 0 bridgehead atoms. The van der Waals surface area contributed by atoms with Gasteiger partial charge in [0.05, 0.1) is 25.0 Å². The number of rotatable bonds is 14. The minimum absolute atomic E-state index is 0.114. The molecule has 164 valence electrons. The first-order valence-electron chi connectivity index (χ1n) is 11.7. The van der Waals surface area contributed by atoms with E-state index in [2.05, 4.69) is 27.7 Å². The van der Waals surface area contributed by atoms with Gasteiger partial charge in [-0.1, -0.05) is 66.2 Å². The van der Waals surface area contributed by atoms with Crippen LogP contribution in [-0.4, -0.2) is 25.2 Å². The molecular formula is C24H44O4. The second-order valence-corrected chi connectivity index (χ2v) is 9.38. The van der Waals surface area contributed by atoms with Crippen LogP contribution in [0.25, 0.3) is 0 Å². The molecule has 0 aromatic carbocycles. The third-order valence-corrected chi connectivity index (χ3v) is 5.68. The topological polar surface area (TPSA) is 52.6 Å². The minimum Gasteiger partial charge on any atom is -0.465 e. The molecule has 1 fully saturated rings. The fraction of sp³-hybridized carbons (Fsp3) is 0.917. The number of unbranched alkanes of at least 4 members (excludes halogenated alkanes) is 4. The molecule has 2 unspecified atom stereocenters. The van der Waals surface area contributed by atoms with E-state index in [0.717, 1.165) is 50.9 Å². The second kappa shape index (κ2) is 14.9. The summed E-state index contributed by atoms with van der Waals surface area (Å²) in [4.78, 5) is 24.6. The molecule has 2 atom stereocenters. The largest absolute Gasteiger partial charge is 0.465 e. The lowest BCUT2D eigenvalue weighted by atomic mass is 9.81. The summed E-state index contributed by atoms with van der Waals surface area (Å²) in [5, 5.41) is 0. The number of ether oxygens (including phenoxy) is 2. The van der Waals surface area contributed by atoms with Crippen molar-refractivity contribution in [3.05, 3.63) is 0 Å². The highest BCUT2D eigenvalue weighted by molar-refractivity contribution is 5.76. The van der Waals surface area contributed by atoms with E-state index < -0.39 is 0 Å². The fourth-order valence-electron chi connectivity index (χ4n) is 3.88. The zero-order chi connectivity index (χ0) is 20.8. The predicted octanol–water partition coefficient (Wildman–Crippen LogP) is 6.31. The maximum absolute atomic E-state index is 12.3. The summed E-state index contributed by atoms with van der Waals surface area (Å²) in [6, 6.07) is 0. The average molecular weight is 397 g/mol. The molecule has 4 nitrogen and oxygen atoms in total. The van der Waals surface area contributed by atoms with Crippen molar-refractivity contribution in [2.45, 2.75) is 105 Å². The molecule has 0 aromatic rings. The highest BCUT2D eigenvalue weighted by Crippen LogP contribution is 2.31. The van der Waals surface area contributed by atoms with Crippen LogP contribution >= 0.6 is 0 Å². The summed E-state index contributed by atoms with van der Waals surface area (Å²) in [7, 11) is 0. The third-order valence-electron chi connectivity index (χ3n) is 5.68. The van der Waals surface area contributed by atoms with Crippen LogP contribution in [0.2, 0.25) is 0 Å². The Morgan fingerprint density at radius 3 is 1.75 bits per heavy atom. The molecule has 1 saturated carbocycles. The van der Waals surface area contributed by atoms with Gasteiger partial charge in [-0.05, 0) is 50.4 Å². The molecule has 1 rings (SSSR count). The summed E-state index contributed by atoms with van der Waals surface area (Å²) in [5.74, 6) is 0.921. The smallest absolute Gasteiger partial charge is 0.308 e. The van der Waals surface area contributed by atoms with E-state index in [-0.39, 0.29) is 23.8 Å². The Labute approximate surface area is 173 Å². The monoisotopic (exact) mass is 396 g/mol. The van der Waals surface area contributed by atoms with E-state index in [1.54, 1.807) is 0 Å². The summed E-state index contributed by atoms with van der Waals surface area (Å²) < 4.78 is 10.9. The van der Waals surface area contributed by atoms with Crippen molar-refractivity contribution in [1.82, 2.24) is 0 Å². The van der Waals surface area contributed by atoms with Crippen LogP contribution in [0.5, 0.6) is 0 Å². The Morgan fingerprint density at radius 2 is 1.18 bits per heavy atom. The molecule has 28 heavy (non-hydrogen) atoms. The fourth-order valence-corrected chi connectivity index (χ4v) is 3.88. The molecular weight excluding hydrogens is 352 g/mol. The number of hydrogen-bond donors (Lipinski definition) is 0. The Kier molecular flexibility index (Phi) is 13.3. The Bertz CT molecular complexity index is 430. The lowest BCUT2D eigenvalue weighted by Gasteiger charge is -2.26. The first-order valence-corrected chi connectivity index (χ1v) is 11.7. The van der Waals surface area contributed by atoms with Crippen molar-refractivity contribution in [1.29, 1.82) is 0 Å². The standard InChI is InChI=1S/C24H44O4/c1-19(2)12-8-6-5-7-9-16-27-23(25)21-14-10-15-22(18-21)24(26)28-17-11-13-20(3)4/h19-22H,5-18H2,1-4H3. The van der Waals surface area contributed by atoms with Crippen LogP contribution in [0.1, 0.15) is 105 Å². The highest BCUT2D eigenvalue weighted by Gasteiger charge is 2.32. The molecule has 0 N–H and O–H groups in total. The van der Waals surface area contributed by atoms with Crippen molar-refractivity contribution >= 4 is 11.9 Å². The highest BCUT2D eigenvalue weighted by atomic mass is 16.5. The molecule has 1 aliphatic carbocycles. The van der Waals surface area contributed by atoms with Crippen molar-refractivity contribution in [2.75, 3.05) is 13.2 Å². The SMILES string of the molecule is CC(C)CCCCCCCOC(=O)C1CCCC(C(=O)OCCCC(C)C)C1. The number of esters is 2. The van der Waals surface area contributed by atoms with Crippen molar-refractivity contribution in [2.24, 2.45) is 23.7 Å². The average Bonchev–Trinajstić information content (AvgIpc) is 2.66. The zero-order valence-electron chi connectivity index (χ0n) is 18.8. The molecule has 1 aliphatic rings. The molecule has 4 heteroatoms. The maximum atomic E-state index is 12.3. The first kappa shape index (κ1) is 25.0. The summed E-state index contributed by atoms with van der Waals surface area (Å²) in [6.45, 7) is 9.89. The van der Waals surface area contributed by atoms with Crippen LogP contribution < -0.4 is 0 Å². The first-order chi connectivity index (χ1) is 13.4. The number of carbonyl (C=O) groups excluding carboxylic acids is 2. The van der Waals surface area contributed by atoms with Crippen LogP contribution in [0, 0.1) is 23.7 Å². The summed E-state index contributed by atoms with van der Waals surface area (Å²) in [5.41, 5.74) is 0. The molecule has 0 aromatic heterocycles. The lowest BCUT2D eigenvalue weighted by Crippen LogP contribution is -2.30. The van der Waals surface area contributed by atoms with Gasteiger partial charge in [0.25, 0.3) is 0 Å². The summed E-state index contributed by atoms with van der Waals surface area (Å²) in [6.07, 6.45) is 12.3. The molecule has 0 heterocycles. The van der Waals surface area contributed by atoms with Crippen LogP contribution in [-0.2, 0) is 19.1 Å². The van der Waals surface area contributed by atoms with Gasteiger partial charge >= 0.3 is 11.9 Å². The van der Waals surface area contributed by atoms with E-state index in [4.69, 9.17) is 9.47 Å². The van der Waals surface area contributed by atoms with Crippen LogP contribution in [0.4, 0.5) is 0 Å². The van der Waals surface area contributed by atoms with E-state index in [0.29, 0.717) is 25.6 Å². The van der Waals surface area contributed by atoms with Crippen molar-refractivity contribution in [3.8, 4) is 0 Å². The minimum atomic E-state index is -0.133. The van der Waals surface area contributed by atoms with Gasteiger partial charge in [-0.2, -0.15) is 0 Å². The van der Waals surface area contributed by atoms with E-state index in [1.807, 2.05) is 0 Å². The molecule has 0 amide bonds. The lowest BCUT2D eigenvalue weighted by molar-refractivity contribution is -0.155. The van der Waals surface area contributed by atoms with Gasteiger partial charge in [-0.15, -0.1) is 0 Å². The Balaban J connectivity index is 2.14. The predicted molar refractivity (Wildman–Crippen MR) is 114 cm³/mol. The van der Waals surface area contributed by atoms with Crippen molar-refractivity contribution in [3.63, 3.8) is 0 Å². The summed E-state index contributed by atoms with van der Waals surface area (Å²) >= 11 is 0. The number of carbonyl (C=O) groups is 2. The van der Waals surface area contributed by atoms with Gasteiger partial charge in [-0.25, -0.2) is 0 Å². The maximum Gasteiger partial charge on any atom is 0.308 e. The number of hydrogen-bond acceptors (Lipinski definition) is 4. The molecule has 0 radical (unpaired) electrons. The van der Waals surface area contributed by atoms with Gasteiger partial charge in [0.1, 0.15) is 0 Å². The zero-order valence-corrected chi connectivity index (χ0v) is 18.8. The Hall–Kier alpha value is -1.06. The Morgan fingerprint density at radius 1 is 0.714 bits per heavy atom. The van der Waals surface area contributed by atoms with Crippen LogP contribution in [0.3, 0.4) is 0 Å². The van der Waals surface area contributed by atoms with E-state index in [1.165, 1.54) is 25.7 Å².